The summed E-state index contributed by atoms with van der Waals surface area (Å²) in [5.41, 5.74) is 0.266. The third-order valence-corrected chi connectivity index (χ3v) is 1.03. The molecule has 0 unspecified atom stereocenters. The fourth-order valence-corrected chi connectivity index (χ4v) is 0.568. The first-order valence-electron chi connectivity index (χ1n) is 2.92. The van der Waals surface area contributed by atoms with Crippen LogP contribution in [0.25, 0.3) is 0 Å². The average Bonchev–Trinajstić information content (AvgIpc) is 1.81. The first kappa shape index (κ1) is 8.88. The zero-order valence-corrected chi connectivity index (χ0v) is 6.38. The van der Waals surface area contributed by atoms with Gasteiger partial charge in [-0.2, -0.15) is 0 Å². The molecule has 0 aromatic heterocycles. The Morgan fingerprint density at radius 2 is 2.00 bits per heavy atom. The van der Waals surface area contributed by atoms with Gasteiger partial charge in [0.15, 0.2) is 5.78 Å². The van der Waals surface area contributed by atoms with Gasteiger partial charge in [-0.1, -0.05) is 0 Å². The quantitative estimate of drug-likeness (QED) is 0.355. The van der Waals surface area contributed by atoms with Crippen LogP contribution in [0.5, 0.6) is 0 Å². The number of allylic oxidation sites excluding steroid dienone is 2. The molecule has 0 amide bonds. The summed E-state index contributed by atoms with van der Waals surface area (Å²) < 4.78 is 0. The van der Waals surface area contributed by atoms with E-state index in [4.69, 9.17) is 5.11 Å². The molecule has 0 atom stereocenters. The second-order valence-electron chi connectivity index (χ2n) is 1.94. The van der Waals surface area contributed by atoms with Crippen LogP contribution in [0.15, 0.2) is 16.3 Å². The van der Waals surface area contributed by atoms with Crippen molar-refractivity contribution in [2.24, 2.45) is 4.99 Å². The predicted molar refractivity (Wildman–Crippen MR) is 40.4 cm³/mol. The van der Waals surface area contributed by atoms with E-state index in [1.165, 1.54) is 20.1 Å². The minimum absolute atomic E-state index is 0.0121. The molecule has 0 aliphatic carbocycles. The molecule has 0 saturated carbocycles. The number of hydrogen-bond donors (Lipinski definition) is 1. The van der Waals surface area contributed by atoms with E-state index in [9.17, 15) is 4.79 Å². The molecule has 0 heterocycles. The van der Waals surface area contributed by atoms with E-state index in [-0.39, 0.29) is 17.1 Å². The highest BCUT2D eigenvalue weighted by Gasteiger charge is 2.02. The Hall–Kier alpha value is -1.12. The highest BCUT2D eigenvalue weighted by Crippen LogP contribution is 1.98. The van der Waals surface area contributed by atoms with E-state index in [1.54, 1.807) is 7.05 Å². The van der Waals surface area contributed by atoms with E-state index in [0.717, 1.165) is 0 Å². The number of hydrogen-bond acceptors (Lipinski definition) is 3. The Bertz CT molecular complexity index is 188. The average molecular weight is 141 g/mol. The van der Waals surface area contributed by atoms with Gasteiger partial charge in [0.1, 0.15) is 5.76 Å². The first-order chi connectivity index (χ1) is 4.59. The van der Waals surface area contributed by atoms with E-state index >= 15 is 0 Å². The molecule has 3 nitrogen and oxygen atoms in total. The van der Waals surface area contributed by atoms with Crippen LogP contribution in [0.1, 0.15) is 13.8 Å². The van der Waals surface area contributed by atoms with Crippen molar-refractivity contribution in [3.05, 3.63) is 11.3 Å². The fourth-order valence-electron chi connectivity index (χ4n) is 0.568. The Morgan fingerprint density at radius 3 is 2.10 bits per heavy atom. The van der Waals surface area contributed by atoms with Crippen LogP contribution in [0.2, 0.25) is 0 Å². The minimum atomic E-state index is -0.175. The zero-order valence-electron chi connectivity index (χ0n) is 6.38. The third kappa shape index (κ3) is 2.44. The number of aliphatic hydroxyl groups excluding tert-OH is 1. The SMILES string of the molecule is CN=CC(C(C)=O)=C(C)O. The Labute approximate surface area is 60.1 Å². The second kappa shape index (κ2) is 3.82. The fraction of sp³-hybridized carbons (Fsp3) is 0.429. The lowest BCUT2D eigenvalue weighted by Gasteiger charge is -1.95. The van der Waals surface area contributed by atoms with Crippen LogP contribution < -0.4 is 0 Å². The van der Waals surface area contributed by atoms with Crippen molar-refractivity contribution < 1.29 is 9.90 Å². The van der Waals surface area contributed by atoms with Crippen molar-refractivity contribution in [3.63, 3.8) is 0 Å². The molecule has 0 aromatic rings. The lowest BCUT2D eigenvalue weighted by molar-refractivity contribution is -0.113. The standard InChI is InChI=1S/C7H11NO2/c1-5(9)7(4-8-3)6(2)10/h4,9H,1-3H3. The van der Waals surface area contributed by atoms with Crippen LogP contribution in [0.4, 0.5) is 0 Å². The number of carbonyl (C=O) groups is 1. The second-order valence-corrected chi connectivity index (χ2v) is 1.94. The largest absolute Gasteiger partial charge is 0.512 e. The van der Waals surface area contributed by atoms with E-state index < -0.39 is 0 Å². The Kier molecular flexibility index (Phi) is 3.39. The summed E-state index contributed by atoms with van der Waals surface area (Å²) in [5, 5.41) is 8.88. The molecule has 56 valence electrons. The van der Waals surface area contributed by atoms with Crippen LogP contribution in [0, 0.1) is 0 Å². The highest BCUT2D eigenvalue weighted by molar-refractivity contribution is 6.12. The molecule has 0 radical (unpaired) electrons. The summed E-state index contributed by atoms with van der Waals surface area (Å²) in [4.78, 5) is 14.3. The van der Waals surface area contributed by atoms with Gasteiger partial charge in [0, 0.05) is 13.3 Å². The maximum Gasteiger partial charge on any atom is 0.164 e. The third-order valence-electron chi connectivity index (χ3n) is 1.03. The monoisotopic (exact) mass is 141 g/mol. The molecule has 0 saturated heterocycles. The molecule has 0 aliphatic heterocycles. The summed E-state index contributed by atoms with van der Waals surface area (Å²) in [6, 6.07) is 0. The summed E-state index contributed by atoms with van der Waals surface area (Å²) in [6.07, 6.45) is 1.34. The van der Waals surface area contributed by atoms with Gasteiger partial charge >= 0.3 is 0 Å². The van der Waals surface area contributed by atoms with Gasteiger partial charge in [0.2, 0.25) is 0 Å². The molecule has 10 heavy (non-hydrogen) atoms. The van der Waals surface area contributed by atoms with Gasteiger partial charge in [-0.05, 0) is 13.8 Å². The van der Waals surface area contributed by atoms with E-state index in [0.29, 0.717) is 0 Å². The molecule has 0 aromatic carbocycles. The maximum absolute atomic E-state index is 10.7. The van der Waals surface area contributed by atoms with Crippen molar-refractivity contribution in [2.75, 3.05) is 7.05 Å². The van der Waals surface area contributed by atoms with E-state index in [1.807, 2.05) is 0 Å². The normalized spacial score (nSPS) is 13.5. The van der Waals surface area contributed by atoms with Gasteiger partial charge in [0.25, 0.3) is 0 Å². The zero-order chi connectivity index (χ0) is 8.15. The minimum Gasteiger partial charge on any atom is -0.512 e. The van der Waals surface area contributed by atoms with Gasteiger partial charge in [0.05, 0.1) is 5.57 Å². The van der Waals surface area contributed by atoms with Crippen molar-refractivity contribution >= 4 is 12.0 Å². The van der Waals surface area contributed by atoms with Crippen LogP contribution in [-0.2, 0) is 4.79 Å². The van der Waals surface area contributed by atoms with Crippen LogP contribution in [0.3, 0.4) is 0 Å². The van der Waals surface area contributed by atoms with Crippen molar-refractivity contribution in [2.45, 2.75) is 13.8 Å². The molecule has 0 bridgehead atoms. The molecule has 0 spiro atoms. The number of aliphatic hydroxyl groups is 1. The summed E-state index contributed by atoms with van der Waals surface area (Å²) >= 11 is 0. The lowest BCUT2D eigenvalue weighted by Crippen LogP contribution is -2.00. The van der Waals surface area contributed by atoms with Crippen LogP contribution >= 0.6 is 0 Å². The van der Waals surface area contributed by atoms with Crippen molar-refractivity contribution in [1.82, 2.24) is 0 Å². The van der Waals surface area contributed by atoms with E-state index in [2.05, 4.69) is 4.99 Å². The van der Waals surface area contributed by atoms with Crippen LogP contribution in [-0.4, -0.2) is 24.2 Å². The molecule has 3 heteroatoms. The topological polar surface area (TPSA) is 49.7 Å². The van der Waals surface area contributed by atoms with Gasteiger partial charge in [-0.15, -0.1) is 0 Å². The number of nitrogens with zero attached hydrogens (tertiary/aromatic N) is 1. The smallest absolute Gasteiger partial charge is 0.164 e. The molecule has 1 N–H and O–H groups in total. The molecule has 0 fully saturated rings. The predicted octanol–water partition coefficient (Wildman–Crippen LogP) is 1.11. The maximum atomic E-state index is 10.7. The number of ketones is 1. The number of Topliss-reactive ketones (excluding diaryl/α,β-unsaturated/α-hetero) is 1. The molecular weight excluding hydrogens is 130 g/mol. The highest BCUT2D eigenvalue weighted by atomic mass is 16.3. The van der Waals surface area contributed by atoms with Gasteiger partial charge < -0.3 is 5.11 Å². The van der Waals surface area contributed by atoms with Gasteiger partial charge in [-0.25, -0.2) is 0 Å². The molecule has 0 rings (SSSR count). The molecular formula is C7H11NO2. The summed E-state index contributed by atoms with van der Waals surface area (Å²) in [6.45, 7) is 2.84. The first-order valence-corrected chi connectivity index (χ1v) is 2.92. The number of aliphatic imine (C=N–C) groups is 1. The summed E-state index contributed by atoms with van der Waals surface area (Å²) in [7, 11) is 1.55. The number of carbonyl (C=O) groups excluding carboxylic acids is 1. The lowest BCUT2D eigenvalue weighted by atomic mass is 10.2. The van der Waals surface area contributed by atoms with Crippen molar-refractivity contribution in [3.8, 4) is 0 Å². The van der Waals surface area contributed by atoms with Gasteiger partial charge in [-0.3, -0.25) is 9.79 Å². The molecule has 0 aliphatic rings. The summed E-state index contributed by atoms with van der Waals surface area (Å²) in [5.74, 6) is -0.163. The Balaban J connectivity index is 4.61. The Morgan fingerprint density at radius 1 is 1.50 bits per heavy atom. The van der Waals surface area contributed by atoms with Crippen molar-refractivity contribution in [1.29, 1.82) is 0 Å². The number of rotatable bonds is 2.